The molecule has 3 rings (SSSR count). The first-order chi connectivity index (χ1) is 14.7. The van der Waals surface area contributed by atoms with Crippen molar-refractivity contribution in [2.45, 2.75) is 26.1 Å². The smallest absolute Gasteiger partial charge is 0.416 e. The topological polar surface area (TPSA) is 89.9 Å². The van der Waals surface area contributed by atoms with Crippen molar-refractivity contribution in [2.24, 2.45) is 0 Å². The van der Waals surface area contributed by atoms with E-state index in [0.29, 0.717) is 29.6 Å². The van der Waals surface area contributed by atoms with E-state index in [1.54, 1.807) is 19.1 Å². The summed E-state index contributed by atoms with van der Waals surface area (Å²) >= 11 is 5.77. The summed E-state index contributed by atoms with van der Waals surface area (Å²) in [7, 11) is 0. The lowest BCUT2D eigenvalue weighted by Crippen LogP contribution is -2.28. The summed E-state index contributed by atoms with van der Waals surface area (Å²) in [4.78, 5) is 21.1. The van der Waals surface area contributed by atoms with Gasteiger partial charge in [0.25, 0.3) is 5.91 Å². The molecule has 0 spiro atoms. The number of amides is 1. The highest BCUT2D eigenvalue weighted by Crippen LogP contribution is 2.32. The first-order valence-electron chi connectivity index (χ1n) is 9.15. The average molecular weight is 452 g/mol. The van der Waals surface area contributed by atoms with Crippen LogP contribution in [0.1, 0.15) is 41.5 Å². The van der Waals surface area contributed by atoms with Crippen molar-refractivity contribution in [2.75, 3.05) is 6.61 Å². The minimum atomic E-state index is -4.63. The van der Waals surface area contributed by atoms with Crippen LogP contribution in [0.25, 0.3) is 11.4 Å². The number of benzene rings is 1. The molecule has 0 saturated carbocycles. The Kier molecular flexibility index (Phi) is 6.69. The maximum atomic E-state index is 13.0. The molecular weight excluding hydrogens is 435 g/mol. The van der Waals surface area contributed by atoms with Crippen LogP contribution in [-0.2, 0) is 6.18 Å². The van der Waals surface area contributed by atoms with E-state index >= 15 is 0 Å². The van der Waals surface area contributed by atoms with Crippen molar-refractivity contribution in [3.8, 4) is 17.3 Å². The fourth-order valence-electron chi connectivity index (χ4n) is 2.77. The van der Waals surface area contributed by atoms with Crippen LogP contribution in [0, 0.1) is 0 Å². The van der Waals surface area contributed by atoms with Crippen molar-refractivity contribution in [1.29, 1.82) is 0 Å². The molecule has 0 aliphatic rings. The van der Waals surface area contributed by atoms with E-state index in [1.165, 1.54) is 12.4 Å². The quantitative estimate of drug-likeness (QED) is 0.593. The van der Waals surface area contributed by atoms with E-state index in [-0.39, 0.29) is 10.6 Å². The maximum Gasteiger partial charge on any atom is 0.416 e. The number of aromatic nitrogens is 4. The first kappa shape index (κ1) is 22.4. The Labute approximate surface area is 180 Å². The van der Waals surface area contributed by atoms with Gasteiger partial charge in [0.15, 0.2) is 0 Å². The van der Waals surface area contributed by atoms with Gasteiger partial charge in [-0.15, -0.1) is 10.2 Å². The number of alkyl halides is 3. The highest BCUT2D eigenvalue weighted by Gasteiger charge is 2.32. The fraction of sp³-hybridized carbons (Fsp3) is 0.250. The largest absolute Gasteiger partial charge is 0.477 e. The van der Waals surface area contributed by atoms with Gasteiger partial charge in [0, 0.05) is 29.0 Å². The zero-order valence-corrected chi connectivity index (χ0v) is 17.2. The van der Waals surface area contributed by atoms with Crippen molar-refractivity contribution >= 4 is 17.5 Å². The second-order valence-electron chi connectivity index (χ2n) is 6.40. The maximum absolute atomic E-state index is 13.0. The number of halogens is 4. The minimum absolute atomic E-state index is 0.197. The zero-order valence-electron chi connectivity index (χ0n) is 16.4. The summed E-state index contributed by atoms with van der Waals surface area (Å²) in [6.45, 7) is 3.88. The van der Waals surface area contributed by atoms with Gasteiger partial charge in [0.1, 0.15) is 11.4 Å². The molecule has 1 atom stereocenters. The Balaban J connectivity index is 1.85. The number of hydrogen-bond donors (Lipinski definition) is 1. The van der Waals surface area contributed by atoms with Gasteiger partial charge in [0.2, 0.25) is 5.88 Å². The molecule has 0 aliphatic heterocycles. The molecule has 2 aromatic heterocycles. The Morgan fingerprint density at radius 3 is 2.55 bits per heavy atom. The third-order valence-corrected chi connectivity index (χ3v) is 4.36. The summed E-state index contributed by atoms with van der Waals surface area (Å²) < 4.78 is 44.3. The lowest BCUT2D eigenvalue weighted by atomic mass is 10.1. The molecule has 31 heavy (non-hydrogen) atoms. The highest BCUT2D eigenvalue weighted by molar-refractivity contribution is 6.31. The van der Waals surface area contributed by atoms with Gasteiger partial charge in [-0.25, -0.2) is 0 Å². The Hall–Kier alpha value is -3.27. The SMILES string of the molecule is CCOc1ccc(-c2nccnc2C(C)NC(=O)c2cc(Cl)cc(C(F)(F)F)c2)nn1. The number of nitrogens with one attached hydrogen (secondary N) is 1. The van der Waals surface area contributed by atoms with Crippen LogP contribution in [0.2, 0.25) is 5.02 Å². The van der Waals surface area contributed by atoms with E-state index in [1.807, 2.05) is 6.92 Å². The summed E-state index contributed by atoms with van der Waals surface area (Å²) in [6.07, 6.45) is -1.74. The molecule has 0 aliphatic carbocycles. The molecule has 3 aromatic rings. The van der Waals surface area contributed by atoms with Gasteiger partial charge < -0.3 is 10.1 Å². The molecule has 7 nitrogen and oxygen atoms in total. The molecule has 0 fully saturated rings. The lowest BCUT2D eigenvalue weighted by molar-refractivity contribution is -0.137. The number of rotatable bonds is 6. The van der Waals surface area contributed by atoms with Gasteiger partial charge in [-0.05, 0) is 38.1 Å². The molecular formula is C20H17ClF3N5O2. The molecule has 1 amide bonds. The molecule has 0 bridgehead atoms. The Morgan fingerprint density at radius 1 is 1.16 bits per heavy atom. The number of carbonyl (C=O) groups excluding carboxylic acids is 1. The zero-order chi connectivity index (χ0) is 22.6. The van der Waals surface area contributed by atoms with Crippen LogP contribution in [0.5, 0.6) is 5.88 Å². The molecule has 1 aromatic carbocycles. The van der Waals surface area contributed by atoms with Gasteiger partial charge in [0.05, 0.1) is 23.9 Å². The summed E-state index contributed by atoms with van der Waals surface area (Å²) in [5, 5.41) is 10.4. The standard InChI is InChI=1S/C20H17ClF3N5O2/c1-3-31-16-5-4-15(28-29-16)18-17(25-6-7-26-18)11(2)27-19(30)12-8-13(20(22,23)24)10-14(21)9-12/h4-11H,3H2,1-2H3,(H,27,30). The summed E-state index contributed by atoms with van der Waals surface area (Å²) in [6, 6.07) is 5.23. The molecule has 1 N–H and O–H groups in total. The van der Waals surface area contributed by atoms with Crippen LogP contribution >= 0.6 is 11.6 Å². The Bertz CT molecular complexity index is 1080. The van der Waals surface area contributed by atoms with Crippen molar-refractivity contribution < 1.29 is 22.7 Å². The predicted molar refractivity (Wildman–Crippen MR) is 107 cm³/mol. The van der Waals surface area contributed by atoms with Crippen LogP contribution in [0.15, 0.2) is 42.7 Å². The van der Waals surface area contributed by atoms with E-state index in [2.05, 4.69) is 25.5 Å². The van der Waals surface area contributed by atoms with E-state index in [0.717, 1.165) is 18.2 Å². The second kappa shape index (κ2) is 9.25. The molecule has 1 unspecified atom stereocenters. The second-order valence-corrected chi connectivity index (χ2v) is 6.84. The van der Waals surface area contributed by atoms with Crippen LogP contribution in [0.4, 0.5) is 13.2 Å². The normalized spacial score (nSPS) is 12.3. The monoisotopic (exact) mass is 451 g/mol. The number of nitrogens with zero attached hydrogens (tertiary/aromatic N) is 4. The molecule has 11 heteroatoms. The fourth-order valence-corrected chi connectivity index (χ4v) is 3.00. The minimum Gasteiger partial charge on any atom is -0.477 e. The lowest BCUT2D eigenvalue weighted by Gasteiger charge is -2.17. The van der Waals surface area contributed by atoms with Gasteiger partial charge in [-0.3, -0.25) is 14.8 Å². The molecule has 0 radical (unpaired) electrons. The molecule has 0 saturated heterocycles. The van der Waals surface area contributed by atoms with E-state index < -0.39 is 23.7 Å². The summed E-state index contributed by atoms with van der Waals surface area (Å²) in [5.74, 6) is -0.394. The van der Waals surface area contributed by atoms with Gasteiger partial charge in [-0.1, -0.05) is 11.6 Å². The van der Waals surface area contributed by atoms with E-state index in [9.17, 15) is 18.0 Å². The van der Waals surface area contributed by atoms with E-state index in [4.69, 9.17) is 16.3 Å². The van der Waals surface area contributed by atoms with Crippen LogP contribution in [0.3, 0.4) is 0 Å². The number of hydrogen-bond acceptors (Lipinski definition) is 6. The Morgan fingerprint density at radius 2 is 1.90 bits per heavy atom. The van der Waals surface area contributed by atoms with Crippen LogP contribution in [-0.4, -0.2) is 32.7 Å². The average Bonchev–Trinajstić information content (AvgIpc) is 2.73. The van der Waals surface area contributed by atoms with Crippen LogP contribution < -0.4 is 10.1 Å². The van der Waals surface area contributed by atoms with Crippen molar-refractivity contribution in [1.82, 2.24) is 25.5 Å². The number of carbonyl (C=O) groups is 1. The van der Waals surface area contributed by atoms with Crippen molar-refractivity contribution in [3.05, 3.63) is 64.6 Å². The van der Waals surface area contributed by atoms with Crippen molar-refractivity contribution in [3.63, 3.8) is 0 Å². The predicted octanol–water partition coefficient (Wildman–Crippen LogP) is 4.50. The third-order valence-electron chi connectivity index (χ3n) is 4.15. The number of ether oxygens (including phenoxy) is 1. The summed E-state index contributed by atoms with van der Waals surface area (Å²) in [5.41, 5.74) is -0.101. The van der Waals surface area contributed by atoms with Gasteiger partial charge in [-0.2, -0.15) is 13.2 Å². The molecule has 2 heterocycles. The first-order valence-corrected chi connectivity index (χ1v) is 9.53. The third kappa shape index (κ3) is 5.46. The molecule has 162 valence electrons. The highest BCUT2D eigenvalue weighted by atomic mass is 35.5. The van der Waals surface area contributed by atoms with Gasteiger partial charge >= 0.3 is 6.18 Å².